The molecule has 6 heteroatoms. The Morgan fingerprint density at radius 2 is 2.16 bits per heavy atom. The standard InChI is InChI=1S/C13H8ClN3O2/c14-10-5-8(7-15)1-2-11(10)17-12-6-9(13(18)19)3-4-16-12/h1-6H,(H,16,17)(H,18,19). The first-order valence-electron chi connectivity index (χ1n) is 5.26. The van der Waals surface area contributed by atoms with Gasteiger partial charge in [0.15, 0.2) is 0 Å². The van der Waals surface area contributed by atoms with Gasteiger partial charge in [0.25, 0.3) is 0 Å². The molecule has 2 N–H and O–H groups in total. The van der Waals surface area contributed by atoms with E-state index in [1.165, 1.54) is 24.4 Å². The highest BCUT2D eigenvalue weighted by atomic mass is 35.5. The van der Waals surface area contributed by atoms with Gasteiger partial charge in [-0.1, -0.05) is 11.6 Å². The molecule has 0 fully saturated rings. The van der Waals surface area contributed by atoms with Crippen molar-refractivity contribution in [1.82, 2.24) is 4.98 Å². The number of nitrogens with zero attached hydrogens (tertiary/aromatic N) is 2. The average Bonchev–Trinajstić information content (AvgIpc) is 2.41. The Bertz CT molecular complexity index is 680. The predicted molar refractivity (Wildman–Crippen MR) is 70.6 cm³/mol. The van der Waals surface area contributed by atoms with E-state index in [0.717, 1.165) is 0 Å². The molecule has 0 radical (unpaired) electrons. The Hall–Kier alpha value is -2.58. The Labute approximate surface area is 114 Å². The summed E-state index contributed by atoms with van der Waals surface area (Å²) in [7, 11) is 0. The smallest absolute Gasteiger partial charge is 0.335 e. The molecule has 0 saturated carbocycles. The molecule has 0 spiro atoms. The van der Waals surface area contributed by atoms with E-state index in [-0.39, 0.29) is 5.56 Å². The largest absolute Gasteiger partial charge is 0.478 e. The van der Waals surface area contributed by atoms with E-state index in [1.54, 1.807) is 12.1 Å². The number of carbonyl (C=O) groups is 1. The van der Waals surface area contributed by atoms with E-state index in [4.69, 9.17) is 22.0 Å². The van der Waals surface area contributed by atoms with Gasteiger partial charge in [-0.25, -0.2) is 9.78 Å². The maximum atomic E-state index is 10.8. The lowest BCUT2D eigenvalue weighted by atomic mass is 10.2. The molecule has 0 unspecified atom stereocenters. The summed E-state index contributed by atoms with van der Waals surface area (Å²) in [6.07, 6.45) is 1.39. The molecule has 1 aromatic heterocycles. The number of rotatable bonds is 3. The summed E-state index contributed by atoms with van der Waals surface area (Å²) in [4.78, 5) is 14.8. The molecule has 0 aliphatic carbocycles. The number of carboxylic acids is 1. The highest BCUT2D eigenvalue weighted by molar-refractivity contribution is 6.33. The number of halogens is 1. The van der Waals surface area contributed by atoms with Gasteiger partial charge in [-0.3, -0.25) is 0 Å². The normalized spacial score (nSPS) is 9.68. The lowest BCUT2D eigenvalue weighted by molar-refractivity contribution is 0.0697. The van der Waals surface area contributed by atoms with Gasteiger partial charge in [-0.05, 0) is 30.3 Å². The number of nitrogens with one attached hydrogen (secondary N) is 1. The minimum absolute atomic E-state index is 0.127. The van der Waals surface area contributed by atoms with E-state index < -0.39 is 5.97 Å². The summed E-state index contributed by atoms with van der Waals surface area (Å²) in [6, 6.07) is 9.53. The van der Waals surface area contributed by atoms with Crippen LogP contribution in [0, 0.1) is 11.3 Å². The summed E-state index contributed by atoms with van der Waals surface area (Å²) in [6.45, 7) is 0. The van der Waals surface area contributed by atoms with Gasteiger partial charge in [-0.15, -0.1) is 0 Å². The number of anilines is 2. The van der Waals surface area contributed by atoms with Gasteiger partial charge < -0.3 is 10.4 Å². The monoisotopic (exact) mass is 273 g/mol. The zero-order valence-electron chi connectivity index (χ0n) is 9.59. The van der Waals surface area contributed by atoms with Gasteiger partial charge in [0.05, 0.1) is 27.9 Å². The minimum Gasteiger partial charge on any atom is -0.478 e. The molecule has 2 aromatic rings. The van der Waals surface area contributed by atoms with Crippen molar-refractivity contribution in [1.29, 1.82) is 5.26 Å². The molecule has 94 valence electrons. The fourth-order valence-corrected chi connectivity index (χ4v) is 1.68. The number of carboxylic acid groups (broad SMARTS) is 1. The van der Waals surface area contributed by atoms with Crippen LogP contribution >= 0.6 is 11.6 Å². The van der Waals surface area contributed by atoms with Crippen LogP contribution in [0.5, 0.6) is 0 Å². The summed E-state index contributed by atoms with van der Waals surface area (Å²) in [5.74, 6) is -0.664. The molecule has 0 amide bonds. The van der Waals surface area contributed by atoms with Crippen LogP contribution in [0.25, 0.3) is 0 Å². The second-order valence-corrected chi connectivity index (χ2v) is 4.07. The number of hydrogen-bond donors (Lipinski definition) is 2. The highest BCUT2D eigenvalue weighted by Gasteiger charge is 2.06. The lowest BCUT2D eigenvalue weighted by Gasteiger charge is -2.08. The van der Waals surface area contributed by atoms with Crippen LogP contribution in [0.15, 0.2) is 36.5 Å². The van der Waals surface area contributed by atoms with Gasteiger partial charge in [0, 0.05) is 6.20 Å². The maximum absolute atomic E-state index is 10.8. The van der Waals surface area contributed by atoms with Gasteiger partial charge in [-0.2, -0.15) is 5.26 Å². The molecule has 2 rings (SSSR count). The average molecular weight is 274 g/mol. The van der Waals surface area contributed by atoms with Crippen molar-refractivity contribution in [3.63, 3.8) is 0 Å². The van der Waals surface area contributed by atoms with Gasteiger partial charge in [0.1, 0.15) is 5.82 Å². The number of aromatic nitrogens is 1. The molecule has 0 atom stereocenters. The van der Waals surface area contributed by atoms with Crippen molar-refractivity contribution in [2.45, 2.75) is 0 Å². The minimum atomic E-state index is -1.03. The summed E-state index contributed by atoms with van der Waals surface area (Å²) >= 11 is 6.00. The second kappa shape index (κ2) is 5.38. The lowest BCUT2D eigenvalue weighted by Crippen LogP contribution is -2.00. The fraction of sp³-hybridized carbons (Fsp3) is 0. The SMILES string of the molecule is N#Cc1ccc(Nc2cc(C(=O)O)ccn2)c(Cl)c1. The van der Waals surface area contributed by atoms with Crippen LogP contribution in [0.1, 0.15) is 15.9 Å². The summed E-state index contributed by atoms with van der Waals surface area (Å²) < 4.78 is 0. The van der Waals surface area contributed by atoms with Crippen molar-refractivity contribution in [3.8, 4) is 6.07 Å². The number of pyridine rings is 1. The molecule has 0 bridgehead atoms. The summed E-state index contributed by atoms with van der Waals surface area (Å²) in [5, 5.41) is 20.9. The molecule has 0 saturated heterocycles. The van der Waals surface area contributed by atoms with Crippen LogP contribution in [0.4, 0.5) is 11.5 Å². The molecule has 0 aliphatic rings. The van der Waals surface area contributed by atoms with E-state index >= 15 is 0 Å². The molecular weight excluding hydrogens is 266 g/mol. The van der Waals surface area contributed by atoms with E-state index in [1.807, 2.05) is 6.07 Å². The third kappa shape index (κ3) is 3.00. The highest BCUT2D eigenvalue weighted by Crippen LogP contribution is 2.25. The Balaban J connectivity index is 2.29. The molecule has 1 aromatic carbocycles. The van der Waals surface area contributed by atoms with Crippen molar-refractivity contribution in [2.75, 3.05) is 5.32 Å². The second-order valence-electron chi connectivity index (χ2n) is 3.67. The van der Waals surface area contributed by atoms with Crippen LogP contribution in [-0.2, 0) is 0 Å². The first kappa shape index (κ1) is 12.9. The summed E-state index contributed by atoms with van der Waals surface area (Å²) in [5.41, 5.74) is 1.13. The van der Waals surface area contributed by atoms with Gasteiger partial charge >= 0.3 is 5.97 Å². The molecule has 5 nitrogen and oxygen atoms in total. The number of aromatic carboxylic acids is 1. The van der Waals surface area contributed by atoms with Crippen LogP contribution in [-0.4, -0.2) is 16.1 Å². The maximum Gasteiger partial charge on any atom is 0.335 e. The predicted octanol–water partition coefficient (Wildman–Crippen LogP) is 3.05. The zero-order chi connectivity index (χ0) is 13.8. The van der Waals surface area contributed by atoms with Crippen LogP contribution in [0.3, 0.4) is 0 Å². The number of hydrogen-bond acceptors (Lipinski definition) is 4. The first-order chi connectivity index (χ1) is 9.10. The fourth-order valence-electron chi connectivity index (χ4n) is 1.46. The molecule has 0 aliphatic heterocycles. The van der Waals surface area contributed by atoms with Crippen LogP contribution in [0.2, 0.25) is 5.02 Å². The number of nitriles is 1. The van der Waals surface area contributed by atoms with Crippen molar-refractivity contribution in [3.05, 3.63) is 52.7 Å². The zero-order valence-corrected chi connectivity index (χ0v) is 10.3. The van der Waals surface area contributed by atoms with Crippen LogP contribution < -0.4 is 5.32 Å². The number of benzene rings is 1. The van der Waals surface area contributed by atoms with Gasteiger partial charge in [0.2, 0.25) is 0 Å². The topological polar surface area (TPSA) is 86.0 Å². The quantitative estimate of drug-likeness (QED) is 0.897. The first-order valence-corrected chi connectivity index (χ1v) is 5.64. The molecular formula is C13H8ClN3O2. The Kier molecular flexibility index (Phi) is 3.64. The van der Waals surface area contributed by atoms with Crippen molar-refractivity contribution < 1.29 is 9.90 Å². The van der Waals surface area contributed by atoms with Crippen molar-refractivity contribution in [2.24, 2.45) is 0 Å². The van der Waals surface area contributed by atoms with E-state index in [0.29, 0.717) is 22.1 Å². The Morgan fingerprint density at radius 3 is 2.79 bits per heavy atom. The van der Waals surface area contributed by atoms with Crippen molar-refractivity contribution >= 4 is 29.1 Å². The third-order valence-electron chi connectivity index (χ3n) is 2.37. The molecule has 19 heavy (non-hydrogen) atoms. The Morgan fingerprint density at radius 1 is 1.37 bits per heavy atom. The van der Waals surface area contributed by atoms with E-state index in [2.05, 4.69) is 10.3 Å². The third-order valence-corrected chi connectivity index (χ3v) is 2.68. The van der Waals surface area contributed by atoms with E-state index in [9.17, 15) is 4.79 Å². The molecule has 1 heterocycles.